The third-order valence-electron chi connectivity index (χ3n) is 10.6. The van der Waals surface area contributed by atoms with Gasteiger partial charge in [0.15, 0.2) is 6.29 Å². The van der Waals surface area contributed by atoms with E-state index in [1.807, 2.05) is 60.7 Å². The van der Waals surface area contributed by atoms with Crippen molar-refractivity contribution in [3.63, 3.8) is 0 Å². The second kappa shape index (κ2) is 16.3. The number of anilines is 1. The molecule has 278 valence electrons. The molecule has 0 aromatic heterocycles. The summed E-state index contributed by atoms with van der Waals surface area (Å²) in [5, 5.41) is 14.6. The van der Waals surface area contributed by atoms with Crippen molar-refractivity contribution in [2.24, 2.45) is 5.92 Å². The van der Waals surface area contributed by atoms with Gasteiger partial charge in [-0.2, -0.15) is 0 Å². The van der Waals surface area contributed by atoms with Crippen LogP contribution in [0.1, 0.15) is 66.5 Å². The Labute approximate surface area is 315 Å². The fraction of sp³-hybridized carbons (Fsp3) is 0.295. The number of imide groups is 1. The third-order valence-corrected chi connectivity index (χ3v) is 10.6. The molecule has 2 heterocycles. The molecular formula is C44H45N3O7. The molecule has 2 saturated heterocycles. The van der Waals surface area contributed by atoms with Crippen LogP contribution in [-0.4, -0.2) is 53.7 Å². The highest BCUT2D eigenvalue weighted by Crippen LogP contribution is 2.42. The van der Waals surface area contributed by atoms with Crippen molar-refractivity contribution in [1.82, 2.24) is 10.2 Å². The molecule has 2 aliphatic heterocycles. The van der Waals surface area contributed by atoms with Gasteiger partial charge >= 0.3 is 6.09 Å². The lowest BCUT2D eigenvalue weighted by atomic mass is 9.89. The van der Waals surface area contributed by atoms with Crippen LogP contribution in [0.3, 0.4) is 0 Å². The van der Waals surface area contributed by atoms with E-state index >= 15 is 0 Å². The molecule has 3 amide bonds. The first-order valence-corrected chi connectivity index (χ1v) is 18.3. The third kappa shape index (κ3) is 8.07. The van der Waals surface area contributed by atoms with E-state index in [4.69, 9.17) is 14.2 Å². The molecule has 54 heavy (non-hydrogen) atoms. The maximum Gasteiger partial charge on any atom is 0.408 e. The standard InChI is InChI=1S/C44H45N3O7/c1-28-39(25-46(3)29(2)35-18-17-32-11-7-8-12-36(32)23-35)53-43(54-41(28)33-15-13-30(26-48)14-16-33)34-19-21-37(22-20-34)47-40(49)24-38(42(47)50)45-44(51)52-27-31-9-5-4-6-10-31/h4-23,28-29,38-39,41,43,48H,24-27H2,1-3H3,(H,45,51)/t28-,29+,38?,39+,41+,43+/m0/s1. The van der Waals surface area contributed by atoms with Crippen LogP contribution in [0.25, 0.3) is 10.8 Å². The van der Waals surface area contributed by atoms with Gasteiger partial charge in [-0.25, -0.2) is 9.69 Å². The summed E-state index contributed by atoms with van der Waals surface area (Å²) >= 11 is 0. The van der Waals surface area contributed by atoms with Crippen molar-refractivity contribution in [1.29, 1.82) is 0 Å². The van der Waals surface area contributed by atoms with Crippen molar-refractivity contribution in [2.75, 3.05) is 18.5 Å². The summed E-state index contributed by atoms with van der Waals surface area (Å²) in [5.41, 5.74) is 4.94. The smallest absolute Gasteiger partial charge is 0.408 e. The van der Waals surface area contributed by atoms with Gasteiger partial charge in [0, 0.05) is 24.1 Å². The number of amides is 3. The van der Waals surface area contributed by atoms with Crippen molar-refractivity contribution >= 4 is 34.4 Å². The SMILES string of the molecule is C[C@H]1[C@@H](CN(C)[C@H](C)c2ccc3ccccc3c2)O[C@@H](c2ccc(N3C(=O)CC(NC(=O)OCc4ccccc4)C3=O)cc2)O[C@H]1c1ccc(CO)cc1. The highest BCUT2D eigenvalue weighted by molar-refractivity contribution is 6.22. The molecule has 0 saturated carbocycles. The minimum Gasteiger partial charge on any atom is -0.445 e. The summed E-state index contributed by atoms with van der Waals surface area (Å²) in [4.78, 5) is 42.2. The zero-order valence-corrected chi connectivity index (χ0v) is 30.6. The molecule has 5 aromatic carbocycles. The Hall–Kier alpha value is -5.39. The van der Waals surface area contributed by atoms with E-state index in [1.165, 1.54) is 16.3 Å². The number of aliphatic hydroxyl groups is 1. The quantitative estimate of drug-likeness (QED) is 0.136. The minimum absolute atomic E-state index is 0.0181. The summed E-state index contributed by atoms with van der Waals surface area (Å²) in [6, 6.07) is 38.0. The Morgan fingerprint density at radius 1 is 0.870 bits per heavy atom. The number of carbonyl (C=O) groups excluding carboxylic acids is 3. The first-order chi connectivity index (χ1) is 26.2. The van der Waals surface area contributed by atoms with Gasteiger partial charge in [0.1, 0.15) is 12.6 Å². The zero-order chi connectivity index (χ0) is 37.8. The second-order valence-electron chi connectivity index (χ2n) is 14.2. The fourth-order valence-corrected chi connectivity index (χ4v) is 7.20. The lowest BCUT2D eigenvalue weighted by Crippen LogP contribution is -2.44. The molecule has 5 aromatic rings. The Morgan fingerprint density at radius 3 is 2.28 bits per heavy atom. The molecule has 0 aliphatic carbocycles. The molecule has 10 nitrogen and oxygen atoms in total. The Bertz CT molecular complexity index is 2090. The van der Waals surface area contributed by atoms with Gasteiger partial charge in [-0.1, -0.05) is 110 Å². The number of alkyl carbamates (subject to hydrolysis) is 1. The molecule has 2 N–H and O–H groups in total. The molecule has 1 unspecified atom stereocenters. The van der Waals surface area contributed by atoms with E-state index < -0.39 is 30.2 Å². The lowest BCUT2D eigenvalue weighted by molar-refractivity contribution is -0.276. The molecule has 0 spiro atoms. The van der Waals surface area contributed by atoms with Crippen LogP contribution >= 0.6 is 0 Å². The summed E-state index contributed by atoms with van der Waals surface area (Å²) in [5.74, 6) is -0.969. The molecule has 10 heteroatoms. The average Bonchev–Trinajstić information content (AvgIpc) is 3.48. The van der Waals surface area contributed by atoms with E-state index in [1.54, 1.807) is 24.3 Å². The summed E-state index contributed by atoms with van der Waals surface area (Å²) < 4.78 is 18.6. The highest BCUT2D eigenvalue weighted by Gasteiger charge is 2.42. The van der Waals surface area contributed by atoms with E-state index in [-0.39, 0.29) is 43.8 Å². The molecule has 7 rings (SSSR count). The molecule has 2 fully saturated rings. The summed E-state index contributed by atoms with van der Waals surface area (Å²) in [6.07, 6.45) is -2.19. The van der Waals surface area contributed by atoms with Gasteiger partial charge in [0.25, 0.3) is 5.91 Å². The minimum atomic E-state index is -1.03. The number of hydrogen-bond acceptors (Lipinski definition) is 8. The normalized spacial score (nSPS) is 22.1. The average molecular weight is 728 g/mol. The largest absolute Gasteiger partial charge is 0.445 e. The van der Waals surface area contributed by atoms with Crippen molar-refractivity contribution in [3.05, 3.63) is 149 Å². The summed E-state index contributed by atoms with van der Waals surface area (Å²) in [6.45, 7) is 4.97. The zero-order valence-electron chi connectivity index (χ0n) is 30.6. The van der Waals surface area contributed by atoms with Crippen LogP contribution < -0.4 is 10.2 Å². The number of benzene rings is 5. The van der Waals surface area contributed by atoms with Gasteiger partial charge in [-0.15, -0.1) is 0 Å². The Morgan fingerprint density at radius 2 is 1.56 bits per heavy atom. The van der Waals surface area contributed by atoms with Gasteiger partial charge < -0.3 is 24.6 Å². The second-order valence-corrected chi connectivity index (χ2v) is 14.2. The number of hydrogen-bond donors (Lipinski definition) is 2. The number of nitrogens with one attached hydrogen (secondary N) is 1. The number of rotatable bonds is 11. The van der Waals surface area contributed by atoms with Gasteiger partial charge in [0.2, 0.25) is 5.91 Å². The predicted molar refractivity (Wildman–Crippen MR) is 205 cm³/mol. The number of nitrogens with zero attached hydrogens (tertiary/aromatic N) is 2. The van der Waals surface area contributed by atoms with Crippen LogP contribution in [0.5, 0.6) is 0 Å². The van der Waals surface area contributed by atoms with Crippen LogP contribution in [-0.2, 0) is 37.0 Å². The summed E-state index contributed by atoms with van der Waals surface area (Å²) in [7, 11) is 2.11. The van der Waals surface area contributed by atoms with Crippen LogP contribution in [0.4, 0.5) is 10.5 Å². The van der Waals surface area contributed by atoms with Crippen molar-refractivity contribution < 1.29 is 33.7 Å². The molecule has 6 atom stereocenters. The van der Waals surface area contributed by atoms with Crippen molar-refractivity contribution in [2.45, 2.75) is 64.1 Å². The van der Waals surface area contributed by atoms with Crippen molar-refractivity contribution in [3.8, 4) is 0 Å². The topological polar surface area (TPSA) is 118 Å². The molecular weight excluding hydrogens is 682 g/mol. The number of carbonyl (C=O) groups is 3. The first kappa shape index (κ1) is 36.9. The predicted octanol–water partition coefficient (Wildman–Crippen LogP) is 7.37. The number of fused-ring (bicyclic) bond motifs is 1. The lowest BCUT2D eigenvalue weighted by Gasteiger charge is -2.43. The highest BCUT2D eigenvalue weighted by atomic mass is 16.7. The maximum absolute atomic E-state index is 13.3. The van der Waals surface area contributed by atoms with E-state index in [0.717, 1.165) is 27.2 Å². The van der Waals surface area contributed by atoms with E-state index in [2.05, 4.69) is 67.5 Å². The van der Waals surface area contributed by atoms with Gasteiger partial charge in [0.05, 0.1) is 30.9 Å². The van der Waals surface area contributed by atoms with Gasteiger partial charge in [-0.05, 0) is 65.2 Å². The Balaban J connectivity index is 1.06. The molecule has 0 radical (unpaired) electrons. The monoisotopic (exact) mass is 727 g/mol. The maximum atomic E-state index is 13.3. The van der Waals surface area contributed by atoms with E-state index in [9.17, 15) is 19.5 Å². The Kier molecular flexibility index (Phi) is 11.2. The van der Waals surface area contributed by atoms with Crippen LogP contribution in [0.15, 0.2) is 121 Å². The van der Waals surface area contributed by atoms with Crippen LogP contribution in [0.2, 0.25) is 0 Å². The van der Waals surface area contributed by atoms with E-state index in [0.29, 0.717) is 12.2 Å². The first-order valence-electron chi connectivity index (χ1n) is 18.3. The molecule has 0 bridgehead atoms. The fourth-order valence-electron chi connectivity index (χ4n) is 7.20. The van der Waals surface area contributed by atoms with Gasteiger partial charge in [-0.3, -0.25) is 14.5 Å². The number of likely N-dealkylation sites (N-methyl/N-ethyl adjacent to an activating group) is 1. The number of aliphatic hydroxyl groups excluding tert-OH is 1. The molecule has 2 aliphatic rings. The van der Waals surface area contributed by atoms with Crippen LogP contribution in [0, 0.1) is 5.92 Å². The number of ether oxygens (including phenoxy) is 3.